The highest BCUT2D eigenvalue weighted by Gasteiger charge is 1.98. The molecule has 1 aromatic carbocycles. The van der Waals surface area contributed by atoms with Crippen molar-refractivity contribution in [2.75, 3.05) is 5.32 Å². The lowest BCUT2D eigenvalue weighted by molar-refractivity contribution is 0.969. The van der Waals surface area contributed by atoms with Gasteiger partial charge >= 0.3 is 0 Å². The highest BCUT2D eigenvalue weighted by atomic mass is 35.5. The van der Waals surface area contributed by atoms with Gasteiger partial charge in [-0.15, -0.1) is 0 Å². The number of nitrogens with zero attached hydrogens (tertiary/aromatic N) is 2. The summed E-state index contributed by atoms with van der Waals surface area (Å²) in [5.74, 6) is 0.533. The smallest absolute Gasteiger partial charge is 0.227 e. The van der Waals surface area contributed by atoms with Crippen LogP contribution >= 0.6 is 11.6 Å². The van der Waals surface area contributed by atoms with E-state index >= 15 is 0 Å². The summed E-state index contributed by atoms with van der Waals surface area (Å²) in [5, 5.41) is 3.77. The third kappa shape index (κ3) is 2.68. The maximum Gasteiger partial charge on any atom is 0.227 e. The Hall–Kier alpha value is -1.65. The van der Waals surface area contributed by atoms with Crippen LogP contribution in [0.3, 0.4) is 0 Å². The molecule has 0 fully saturated rings. The van der Waals surface area contributed by atoms with Gasteiger partial charge in [-0.3, -0.25) is 0 Å². The van der Waals surface area contributed by atoms with Gasteiger partial charge in [-0.2, -0.15) is 0 Å². The van der Waals surface area contributed by atoms with Gasteiger partial charge < -0.3 is 11.1 Å². The van der Waals surface area contributed by atoms with E-state index in [-0.39, 0.29) is 0 Å². The fraction of sp³-hybridized carbons (Fsp3) is 0.0909. The minimum absolute atomic E-state index is 0.401. The number of aromatic nitrogens is 2. The summed E-state index contributed by atoms with van der Waals surface area (Å²) < 4.78 is 0. The van der Waals surface area contributed by atoms with Gasteiger partial charge in [0.1, 0.15) is 0 Å². The van der Waals surface area contributed by atoms with Crippen LogP contribution in [0.15, 0.2) is 36.5 Å². The lowest BCUT2D eigenvalue weighted by Crippen LogP contribution is -2.03. The van der Waals surface area contributed by atoms with Gasteiger partial charge in [0.05, 0.1) is 5.69 Å². The molecule has 0 aliphatic carbocycles. The normalized spacial score (nSPS) is 10.1. The topological polar surface area (TPSA) is 63.8 Å². The molecular weight excluding hydrogens is 224 g/mol. The monoisotopic (exact) mass is 234 g/mol. The molecule has 0 radical (unpaired) electrons. The highest BCUT2D eigenvalue weighted by molar-refractivity contribution is 6.30. The molecule has 0 unspecified atom stereocenters. The third-order valence-corrected chi connectivity index (χ3v) is 2.27. The van der Waals surface area contributed by atoms with E-state index in [1.54, 1.807) is 24.4 Å². The second-order valence-electron chi connectivity index (χ2n) is 3.21. The molecule has 0 aliphatic heterocycles. The van der Waals surface area contributed by atoms with Crippen molar-refractivity contribution in [3.63, 3.8) is 0 Å². The molecule has 0 atom stereocenters. The Balaban J connectivity index is 2.16. The van der Waals surface area contributed by atoms with Crippen molar-refractivity contribution in [1.29, 1.82) is 0 Å². The molecule has 2 aromatic rings. The van der Waals surface area contributed by atoms with Crippen LogP contribution in [-0.4, -0.2) is 9.97 Å². The molecule has 2 rings (SSSR count). The Bertz CT molecular complexity index is 470. The van der Waals surface area contributed by atoms with Gasteiger partial charge in [0.25, 0.3) is 0 Å². The Morgan fingerprint density at radius 3 is 2.62 bits per heavy atom. The van der Waals surface area contributed by atoms with Crippen molar-refractivity contribution >= 4 is 23.2 Å². The van der Waals surface area contributed by atoms with E-state index in [2.05, 4.69) is 15.3 Å². The molecule has 3 N–H and O–H groups in total. The number of nitrogens with one attached hydrogen (secondary N) is 1. The van der Waals surface area contributed by atoms with Gasteiger partial charge in [-0.1, -0.05) is 11.6 Å². The molecule has 0 bridgehead atoms. The second kappa shape index (κ2) is 4.92. The summed E-state index contributed by atoms with van der Waals surface area (Å²) in [6.45, 7) is 0.401. The van der Waals surface area contributed by atoms with Crippen molar-refractivity contribution in [2.24, 2.45) is 5.73 Å². The summed E-state index contributed by atoms with van der Waals surface area (Å²) in [5.41, 5.74) is 7.18. The first-order valence-corrected chi connectivity index (χ1v) is 5.20. The SMILES string of the molecule is NCc1ccnc(Nc2ccc(Cl)cc2)n1. The number of anilines is 2. The van der Waals surface area contributed by atoms with Crippen LogP contribution in [0.4, 0.5) is 11.6 Å². The van der Waals surface area contributed by atoms with E-state index in [1.807, 2.05) is 12.1 Å². The zero-order valence-electron chi connectivity index (χ0n) is 8.52. The first kappa shape index (κ1) is 10.9. The van der Waals surface area contributed by atoms with E-state index in [1.165, 1.54) is 0 Å². The van der Waals surface area contributed by atoms with Gasteiger partial charge in [0, 0.05) is 23.5 Å². The van der Waals surface area contributed by atoms with Crippen LogP contribution in [0.5, 0.6) is 0 Å². The summed E-state index contributed by atoms with van der Waals surface area (Å²) in [6, 6.07) is 9.11. The Morgan fingerprint density at radius 1 is 1.19 bits per heavy atom. The lowest BCUT2D eigenvalue weighted by Gasteiger charge is -2.05. The van der Waals surface area contributed by atoms with E-state index in [0.29, 0.717) is 17.5 Å². The molecular formula is C11H11ClN4. The minimum Gasteiger partial charge on any atom is -0.325 e. The molecule has 82 valence electrons. The van der Waals surface area contributed by atoms with Gasteiger partial charge in [0.15, 0.2) is 0 Å². The standard InChI is InChI=1S/C11H11ClN4/c12-8-1-3-9(4-2-8)15-11-14-6-5-10(7-13)16-11/h1-6H,7,13H2,(H,14,15,16). The number of benzene rings is 1. The predicted molar refractivity (Wildman–Crippen MR) is 64.7 cm³/mol. The maximum absolute atomic E-state index is 5.79. The Morgan fingerprint density at radius 2 is 1.94 bits per heavy atom. The molecule has 0 amide bonds. The van der Waals surface area contributed by atoms with E-state index in [0.717, 1.165) is 11.4 Å². The summed E-state index contributed by atoms with van der Waals surface area (Å²) in [7, 11) is 0. The molecule has 4 nitrogen and oxygen atoms in total. The van der Waals surface area contributed by atoms with Crippen LogP contribution in [-0.2, 0) is 6.54 Å². The first-order valence-electron chi connectivity index (χ1n) is 4.82. The lowest BCUT2D eigenvalue weighted by atomic mass is 10.3. The number of nitrogens with two attached hydrogens (primary N) is 1. The maximum atomic E-state index is 5.79. The quantitative estimate of drug-likeness (QED) is 0.856. The third-order valence-electron chi connectivity index (χ3n) is 2.02. The number of halogens is 1. The first-order chi connectivity index (χ1) is 7.78. The fourth-order valence-corrected chi connectivity index (χ4v) is 1.36. The highest BCUT2D eigenvalue weighted by Crippen LogP contribution is 2.16. The van der Waals surface area contributed by atoms with Gasteiger partial charge in [-0.25, -0.2) is 9.97 Å². The van der Waals surface area contributed by atoms with Crippen molar-refractivity contribution in [2.45, 2.75) is 6.54 Å². The molecule has 16 heavy (non-hydrogen) atoms. The van der Waals surface area contributed by atoms with E-state index in [4.69, 9.17) is 17.3 Å². The van der Waals surface area contributed by atoms with Crippen molar-refractivity contribution in [3.05, 3.63) is 47.2 Å². The molecule has 5 heteroatoms. The summed E-state index contributed by atoms with van der Waals surface area (Å²) >= 11 is 5.79. The van der Waals surface area contributed by atoms with Crippen LogP contribution in [0.2, 0.25) is 5.02 Å². The number of hydrogen-bond acceptors (Lipinski definition) is 4. The molecule has 0 spiro atoms. The molecule has 0 saturated heterocycles. The van der Waals surface area contributed by atoms with Crippen LogP contribution in [0.1, 0.15) is 5.69 Å². The van der Waals surface area contributed by atoms with Crippen LogP contribution < -0.4 is 11.1 Å². The van der Waals surface area contributed by atoms with Crippen LogP contribution in [0, 0.1) is 0 Å². The minimum atomic E-state index is 0.401. The van der Waals surface area contributed by atoms with Crippen molar-refractivity contribution in [3.8, 4) is 0 Å². The number of hydrogen-bond donors (Lipinski definition) is 2. The largest absolute Gasteiger partial charge is 0.325 e. The van der Waals surface area contributed by atoms with E-state index in [9.17, 15) is 0 Å². The average Bonchev–Trinajstić information content (AvgIpc) is 2.32. The zero-order valence-corrected chi connectivity index (χ0v) is 9.28. The second-order valence-corrected chi connectivity index (χ2v) is 3.64. The predicted octanol–water partition coefficient (Wildman–Crippen LogP) is 2.33. The van der Waals surface area contributed by atoms with Gasteiger partial charge in [0.2, 0.25) is 5.95 Å². The molecule has 1 aromatic heterocycles. The van der Waals surface area contributed by atoms with Crippen LogP contribution in [0.25, 0.3) is 0 Å². The average molecular weight is 235 g/mol. The molecule has 0 saturated carbocycles. The Kier molecular flexibility index (Phi) is 3.34. The molecule has 0 aliphatic rings. The van der Waals surface area contributed by atoms with E-state index < -0.39 is 0 Å². The fourth-order valence-electron chi connectivity index (χ4n) is 1.23. The summed E-state index contributed by atoms with van der Waals surface area (Å²) in [4.78, 5) is 8.32. The van der Waals surface area contributed by atoms with Crippen molar-refractivity contribution < 1.29 is 0 Å². The van der Waals surface area contributed by atoms with Crippen molar-refractivity contribution in [1.82, 2.24) is 9.97 Å². The van der Waals surface area contributed by atoms with Gasteiger partial charge in [-0.05, 0) is 30.3 Å². The molecule has 1 heterocycles. The Labute approximate surface area is 98.5 Å². The zero-order chi connectivity index (χ0) is 11.4. The summed E-state index contributed by atoms with van der Waals surface area (Å²) in [6.07, 6.45) is 1.67. The number of rotatable bonds is 3.